The number of hydrogen-bond acceptors (Lipinski definition) is 3. The van der Waals surface area contributed by atoms with Crippen LogP contribution < -0.4 is 16.0 Å². The Balaban J connectivity index is 2.50. The summed E-state index contributed by atoms with van der Waals surface area (Å²) in [6.07, 6.45) is 2.84. The van der Waals surface area contributed by atoms with E-state index in [4.69, 9.17) is 11.1 Å². The summed E-state index contributed by atoms with van der Waals surface area (Å²) in [4.78, 5) is 12.8. The van der Waals surface area contributed by atoms with E-state index in [1.165, 1.54) is 19.2 Å². The van der Waals surface area contributed by atoms with Crippen LogP contribution in [0.5, 0.6) is 0 Å². The fourth-order valence-corrected chi connectivity index (χ4v) is 1.88. The summed E-state index contributed by atoms with van der Waals surface area (Å²) in [6.45, 7) is 0. The third-order valence-electron chi connectivity index (χ3n) is 2.98. The van der Waals surface area contributed by atoms with Crippen LogP contribution >= 0.6 is 0 Å². The second-order valence-electron chi connectivity index (χ2n) is 4.26. The van der Waals surface area contributed by atoms with Crippen LogP contribution in [0.15, 0.2) is 12.1 Å². The molecule has 1 aromatic rings. The number of benzene rings is 1. The quantitative estimate of drug-likeness (QED) is 0.436. The number of nitrogens with one attached hydrogen (secondary N) is 2. The third-order valence-corrected chi connectivity index (χ3v) is 2.98. The number of carbonyl (C=O) groups excluding carboxylic acids is 1. The molecule has 0 saturated heterocycles. The molecule has 0 radical (unpaired) electrons. The van der Waals surface area contributed by atoms with Crippen LogP contribution in [0, 0.1) is 11.2 Å². The average molecular weight is 250 g/mol. The SMILES string of the molecule is CNC(=O)N(C=N)c1cc(N)c(F)cc1C1CC1. The largest absolute Gasteiger partial charge is 0.396 e. The van der Waals surface area contributed by atoms with Gasteiger partial charge in [0.25, 0.3) is 0 Å². The van der Waals surface area contributed by atoms with E-state index >= 15 is 0 Å². The second kappa shape index (κ2) is 4.64. The van der Waals surface area contributed by atoms with E-state index in [1.54, 1.807) is 0 Å². The van der Waals surface area contributed by atoms with Gasteiger partial charge in [-0.1, -0.05) is 0 Å². The predicted molar refractivity (Wildman–Crippen MR) is 68.5 cm³/mol. The molecule has 0 aromatic heterocycles. The standard InChI is InChI=1S/C12H15FN4O/c1-16-12(18)17(6-14)11-5-10(15)9(13)4-8(11)7-2-3-7/h4-7,14H,2-3,15H2,1H3,(H,16,18). The second-order valence-corrected chi connectivity index (χ2v) is 4.26. The molecule has 18 heavy (non-hydrogen) atoms. The number of nitrogen functional groups attached to an aromatic ring is 1. The number of hydrogen-bond donors (Lipinski definition) is 3. The Morgan fingerprint density at radius 3 is 2.78 bits per heavy atom. The molecule has 4 N–H and O–H groups in total. The van der Waals surface area contributed by atoms with Gasteiger partial charge in [0.1, 0.15) is 5.82 Å². The number of rotatable bonds is 3. The van der Waals surface area contributed by atoms with E-state index in [9.17, 15) is 9.18 Å². The number of anilines is 2. The van der Waals surface area contributed by atoms with Crippen LogP contribution in [0.2, 0.25) is 0 Å². The van der Waals surface area contributed by atoms with Crippen molar-refractivity contribution in [3.63, 3.8) is 0 Å². The van der Waals surface area contributed by atoms with Gasteiger partial charge in [0.15, 0.2) is 0 Å². The van der Waals surface area contributed by atoms with E-state index < -0.39 is 11.8 Å². The Morgan fingerprint density at radius 1 is 1.61 bits per heavy atom. The molecular formula is C12H15FN4O. The first kappa shape index (κ1) is 12.3. The van der Waals surface area contributed by atoms with Crippen LogP contribution in [0.3, 0.4) is 0 Å². The van der Waals surface area contributed by atoms with Crippen molar-refractivity contribution >= 4 is 23.7 Å². The van der Waals surface area contributed by atoms with Gasteiger partial charge in [0.2, 0.25) is 0 Å². The van der Waals surface area contributed by atoms with Gasteiger partial charge in [-0.05, 0) is 36.5 Å². The maximum absolute atomic E-state index is 13.5. The normalized spacial score (nSPS) is 14.1. The van der Waals surface area contributed by atoms with Gasteiger partial charge in [-0.25, -0.2) is 9.18 Å². The van der Waals surface area contributed by atoms with Gasteiger partial charge in [0, 0.05) is 7.05 Å². The lowest BCUT2D eigenvalue weighted by Crippen LogP contribution is -2.37. The molecule has 2 amide bonds. The predicted octanol–water partition coefficient (Wildman–Crippen LogP) is 2.04. The molecule has 0 spiro atoms. The van der Waals surface area contributed by atoms with E-state index in [0.717, 1.165) is 29.6 Å². The summed E-state index contributed by atoms with van der Waals surface area (Å²) in [5, 5.41) is 9.76. The number of carbonyl (C=O) groups is 1. The van der Waals surface area contributed by atoms with E-state index in [1.807, 2.05) is 0 Å². The number of nitrogens with two attached hydrogens (primary N) is 1. The molecule has 1 aliphatic rings. The van der Waals surface area contributed by atoms with Crippen molar-refractivity contribution in [2.75, 3.05) is 17.7 Å². The van der Waals surface area contributed by atoms with E-state index in [-0.39, 0.29) is 11.6 Å². The van der Waals surface area contributed by atoms with Crippen LogP contribution in [-0.2, 0) is 0 Å². The van der Waals surface area contributed by atoms with Gasteiger partial charge in [-0.3, -0.25) is 10.3 Å². The Hall–Kier alpha value is -2.11. The van der Waals surface area contributed by atoms with Gasteiger partial charge >= 0.3 is 6.03 Å². The van der Waals surface area contributed by atoms with Crippen LogP contribution in [0.4, 0.5) is 20.6 Å². The summed E-state index contributed by atoms with van der Waals surface area (Å²) in [7, 11) is 1.47. The van der Waals surface area contributed by atoms with Crippen molar-refractivity contribution < 1.29 is 9.18 Å². The minimum Gasteiger partial charge on any atom is -0.396 e. The average Bonchev–Trinajstić information content (AvgIpc) is 3.18. The lowest BCUT2D eigenvalue weighted by atomic mass is 10.1. The van der Waals surface area contributed by atoms with Crippen molar-refractivity contribution in [2.24, 2.45) is 0 Å². The highest BCUT2D eigenvalue weighted by Crippen LogP contribution is 2.45. The minimum atomic E-state index is -0.484. The third kappa shape index (κ3) is 2.13. The van der Waals surface area contributed by atoms with Crippen molar-refractivity contribution in [1.29, 1.82) is 5.41 Å². The molecule has 0 bridgehead atoms. The van der Waals surface area contributed by atoms with Crippen molar-refractivity contribution in [1.82, 2.24) is 5.32 Å². The topological polar surface area (TPSA) is 82.2 Å². The number of nitrogens with zero attached hydrogens (tertiary/aromatic N) is 1. The molecule has 0 heterocycles. The fraction of sp³-hybridized carbons (Fsp3) is 0.333. The molecule has 0 aliphatic heterocycles. The fourth-order valence-electron chi connectivity index (χ4n) is 1.88. The number of halogens is 1. The highest BCUT2D eigenvalue weighted by molar-refractivity contribution is 6.07. The number of amides is 2. The molecular weight excluding hydrogens is 235 g/mol. The molecule has 5 nitrogen and oxygen atoms in total. The Labute approximate surface area is 104 Å². The van der Waals surface area contributed by atoms with Crippen molar-refractivity contribution in [2.45, 2.75) is 18.8 Å². The maximum Gasteiger partial charge on any atom is 0.326 e. The van der Waals surface area contributed by atoms with Crippen molar-refractivity contribution in [3.8, 4) is 0 Å². The van der Waals surface area contributed by atoms with Crippen LogP contribution in [0.25, 0.3) is 0 Å². The summed E-state index contributed by atoms with van der Waals surface area (Å²) < 4.78 is 13.5. The van der Waals surface area contributed by atoms with Gasteiger partial charge < -0.3 is 11.1 Å². The molecule has 1 aromatic carbocycles. The molecule has 0 unspecified atom stereocenters. The molecule has 6 heteroatoms. The smallest absolute Gasteiger partial charge is 0.326 e. The summed E-state index contributed by atoms with van der Waals surface area (Å²) in [6, 6.07) is 2.32. The van der Waals surface area contributed by atoms with E-state index in [0.29, 0.717) is 5.69 Å². The van der Waals surface area contributed by atoms with Crippen LogP contribution in [-0.4, -0.2) is 19.4 Å². The molecule has 96 valence electrons. The van der Waals surface area contributed by atoms with Gasteiger partial charge in [-0.15, -0.1) is 0 Å². The number of urea groups is 1. The maximum atomic E-state index is 13.5. The molecule has 1 saturated carbocycles. The lowest BCUT2D eigenvalue weighted by Gasteiger charge is -2.20. The molecule has 1 fully saturated rings. The van der Waals surface area contributed by atoms with Crippen LogP contribution in [0.1, 0.15) is 24.3 Å². The highest BCUT2D eigenvalue weighted by Gasteiger charge is 2.30. The molecule has 1 aliphatic carbocycles. The van der Waals surface area contributed by atoms with Gasteiger partial charge in [-0.2, -0.15) is 0 Å². The first-order valence-electron chi connectivity index (χ1n) is 5.69. The zero-order valence-corrected chi connectivity index (χ0v) is 10.0. The van der Waals surface area contributed by atoms with Gasteiger partial charge in [0.05, 0.1) is 17.7 Å². The summed E-state index contributed by atoms with van der Waals surface area (Å²) in [5.74, 6) is -0.232. The zero-order chi connectivity index (χ0) is 13.3. The molecule has 2 rings (SSSR count). The minimum absolute atomic E-state index is 0.0230. The van der Waals surface area contributed by atoms with E-state index in [2.05, 4.69) is 5.32 Å². The first-order chi connectivity index (χ1) is 8.58. The first-order valence-corrected chi connectivity index (χ1v) is 5.69. The Bertz CT molecular complexity index is 499. The van der Waals surface area contributed by atoms with Crippen molar-refractivity contribution in [3.05, 3.63) is 23.5 Å². The zero-order valence-electron chi connectivity index (χ0n) is 10.0. The highest BCUT2D eigenvalue weighted by atomic mass is 19.1. The lowest BCUT2D eigenvalue weighted by molar-refractivity contribution is 0.251. The summed E-state index contributed by atoms with van der Waals surface area (Å²) >= 11 is 0. The Kier molecular flexibility index (Phi) is 3.18. The summed E-state index contributed by atoms with van der Waals surface area (Å²) in [5.41, 5.74) is 6.72. The molecule has 0 atom stereocenters. The monoisotopic (exact) mass is 250 g/mol. The Morgan fingerprint density at radius 2 is 2.28 bits per heavy atom.